The van der Waals surface area contributed by atoms with E-state index >= 15 is 0 Å². The summed E-state index contributed by atoms with van der Waals surface area (Å²) in [6.45, 7) is 0.755. The largest absolute Gasteiger partial charge is 0.356 e. The fraction of sp³-hybridized carbons (Fsp3) is 0.650. The summed E-state index contributed by atoms with van der Waals surface area (Å²) in [5.41, 5.74) is 1.58. The Hall–Kier alpha value is -0.830. The Bertz CT molecular complexity index is 571. The van der Waals surface area contributed by atoms with E-state index in [0.717, 1.165) is 31.2 Å². The number of halogens is 1. The van der Waals surface area contributed by atoms with Crippen molar-refractivity contribution >= 4 is 21.8 Å². The minimum absolute atomic E-state index is 0.263. The predicted molar refractivity (Wildman–Crippen MR) is 96.5 cm³/mol. The quantitative estimate of drug-likeness (QED) is 0.755. The molecule has 2 nitrogen and oxygen atoms in total. The van der Waals surface area contributed by atoms with Gasteiger partial charge in [0, 0.05) is 17.3 Å². The van der Waals surface area contributed by atoms with Crippen molar-refractivity contribution < 1.29 is 4.79 Å². The molecule has 1 aromatic rings. The molecule has 0 saturated heterocycles. The SMILES string of the molecule is O=C(CC12C[C@@H]3C[C@@H](CC(Br)(C3)C1)C2)NCCc1ccccc1. The van der Waals surface area contributed by atoms with Gasteiger partial charge in [-0.15, -0.1) is 0 Å². The van der Waals surface area contributed by atoms with E-state index in [1.54, 1.807) is 0 Å². The Kier molecular flexibility index (Phi) is 4.03. The van der Waals surface area contributed by atoms with Crippen molar-refractivity contribution in [2.24, 2.45) is 17.3 Å². The van der Waals surface area contributed by atoms with E-state index < -0.39 is 0 Å². The second-order valence-corrected chi connectivity index (χ2v) is 10.1. The Morgan fingerprint density at radius 3 is 2.48 bits per heavy atom. The van der Waals surface area contributed by atoms with Gasteiger partial charge < -0.3 is 5.32 Å². The highest BCUT2D eigenvalue weighted by atomic mass is 79.9. The van der Waals surface area contributed by atoms with Crippen LogP contribution in [-0.4, -0.2) is 16.8 Å². The van der Waals surface area contributed by atoms with Gasteiger partial charge in [-0.3, -0.25) is 4.79 Å². The van der Waals surface area contributed by atoms with Crippen molar-refractivity contribution in [2.45, 2.75) is 55.7 Å². The zero-order chi connectivity index (χ0) is 15.9. The van der Waals surface area contributed by atoms with Crippen molar-refractivity contribution in [3.8, 4) is 0 Å². The fourth-order valence-corrected chi connectivity index (χ4v) is 7.45. The van der Waals surface area contributed by atoms with Gasteiger partial charge in [0.25, 0.3) is 0 Å². The summed E-state index contributed by atoms with van der Waals surface area (Å²) in [7, 11) is 0. The number of amides is 1. The van der Waals surface area contributed by atoms with Crippen molar-refractivity contribution in [3.05, 3.63) is 35.9 Å². The molecule has 4 atom stereocenters. The highest BCUT2D eigenvalue weighted by molar-refractivity contribution is 9.10. The van der Waals surface area contributed by atoms with Gasteiger partial charge in [-0.1, -0.05) is 46.3 Å². The lowest BCUT2D eigenvalue weighted by Gasteiger charge is -2.60. The van der Waals surface area contributed by atoms with Crippen molar-refractivity contribution in [2.75, 3.05) is 6.54 Å². The van der Waals surface area contributed by atoms with Crippen LogP contribution in [0, 0.1) is 17.3 Å². The molecule has 0 aliphatic heterocycles. The first-order valence-electron chi connectivity index (χ1n) is 9.04. The van der Waals surface area contributed by atoms with Crippen LogP contribution in [0.5, 0.6) is 0 Å². The summed E-state index contributed by atoms with van der Waals surface area (Å²) < 4.78 is 0.349. The zero-order valence-electron chi connectivity index (χ0n) is 13.7. The average molecular weight is 376 g/mol. The van der Waals surface area contributed by atoms with E-state index in [1.165, 1.54) is 44.1 Å². The first kappa shape index (κ1) is 15.7. The molecule has 1 amide bonds. The summed E-state index contributed by atoms with van der Waals surface area (Å²) in [6, 6.07) is 10.4. The van der Waals surface area contributed by atoms with Gasteiger partial charge in [0.1, 0.15) is 0 Å². The topological polar surface area (TPSA) is 29.1 Å². The molecule has 0 spiro atoms. The number of carbonyl (C=O) groups is 1. The molecule has 3 heteroatoms. The van der Waals surface area contributed by atoms with Crippen LogP contribution in [0.3, 0.4) is 0 Å². The molecule has 0 radical (unpaired) electrons. The molecule has 2 unspecified atom stereocenters. The van der Waals surface area contributed by atoms with E-state index in [4.69, 9.17) is 0 Å². The smallest absolute Gasteiger partial charge is 0.220 e. The van der Waals surface area contributed by atoms with Gasteiger partial charge in [-0.05, 0) is 67.8 Å². The molecule has 4 bridgehead atoms. The summed E-state index contributed by atoms with van der Waals surface area (Å²) >= 11 is 4.03. The van der Waals surface area contributed by atoms with Crippen LogP contribution in [0.1, 0.15) is 50.5 Å². The standard InChI is InChI=1S/C20H26BrNO/c21-20-11-16-8-17(12-20)10-19(9-16,14-20)13-18(23)22-7-6-15-4-2-1-3-5-15/h1-5,16-17H,6-14H2,(H,22,23)/t16-,17+,19?,20?. The third-order valence-electron chi connectivity index (χ3n) is 6.23. The second kappa shape index (κ2) is 5.91. The number of benzene rings is 1. The molecule has 4 aliphatic rings. The molecule has 1 N–H and O–H groups in total. The minimum atomic E-state index is 0.263. The lowest BCUT2D eigenvalue weighted by molar-refractivity contribution is -0.128. The Morgan fingerprint density at radius 2 is 1.83 bits per heavy atom. The minimum Gasteiger partial charge on any atom is -0.356 e. The van der Waals surface area contributed by atoms with Crippen molar-refractivity contribution in [1.29, 1.82) is 0 Å². The number of hydrogen-bond acceptors (Lipinski definition) is 1. The van der Waals surface area contributed by atoms with E-state index in [-0.39, 0.29) is 11.3 Å². The highest BCUT2D eigenvalue weighted by Crippen LogP contribution is 2.65. The van der Waals surface area contributed by atoms with Crippen LogP contribution < -0.4 is 5.32 Å². The molecule has 4 fully saturated rings. The lowest BCUT2D eigenvalue weighted by Crippen LogP contribution is -2.54. The molecule has 4 aliphatic carbocycles. The Balaban J connectivity index is 1.32. The van der Waals surface area contributed by atoms with Crippen LogP contribution in [0.15, 0.2) is 30.3 Å². The van der Waals surface area contributed by atoms with Crippen LogP contribution in [0.2, 0.25) is 0 Å². The maximum absolute atomic E-state index is 12.5. The van der Waals surface area contributed by atoms with Crippen LogP contribution in [0.25, 0.3) is 0 Å². The van der Waals surface area contributed by atoms with Crippen molar-refractivity contribution in [1.82, 2.24) is 5.32 Å². The number of rotatable bonds is 5. The average Bonchev–Trinajstić information content (AvgIpc) is 2.45. The molecule has 0 aromatic heterocycles. The summed E-state index contributed by atoms with van der Waals surface area (Å²) in [6.07, 6.45) is 9.51. The van der Waals surface area contributed by atoms with E-state index in [1.807, 2.05) is 6.07 Å². The molecular weight excluding hydrogens is 350 g/mol. The Labute approximate surface area is 147 Å². The molecule has 5 rings (SSSR count). The summed E-state index contributed by atoms with van der Waals surface area (Å²) in [5, 5.41) is 3.16. The number of carbonyl (C=O) groups excluding carboxylic acids is 1. The number of nitrogens with one attached hydrogen (secondary N) is 1. The lowest BCUT2D eigenvalue weighted by atomic mass is 9.48. The summed E-state index contributed by atoms with van der Waals surface area (Å²) in [5.74, 6) is 1.97. The maximum atomic E-state index is 12.5. The molecule has 23 heavy (non-hydrogen) atoms. The fourth-order valence-electron chi connectivity index (χ4n) is 5.94. The number of hydrogen-bond donors (Lipinski definition) is 1. The van der Waals surface area contributed by atoms with Crippen LogP contribution in [0.4, 0.5) is 0 Å². The van der Waals surface area contributed by atoms with Gasteiger partial charge in [-0.25, -0.2) is 0 Å². The first-order valence-corrected chi connectivity index (χ1v) is 9.83. The van der Waals surface area contributed by atoms with E-state index in [0.29, 0.717) is 4.32 Å². The van der Waals surface area contributed by atoms with E-state index in [2.05, 4.69) is 45.5 Å². The third kappa shape index (κ3) is 3.35. The predicted octanol–water partition coefficient (Wildman–Crippen LogP) is 4.47. The number of alkyl halides is 1. The van der Waals surface area contributed by atoms with Crippen LogP contribution in [-0.2, 0) is 11.2 Å². The van der Waals surface area contributed by atoms with Gasteiger partial charge in [0.05, 0.1) is 0 Å². The van der Waals surface area contributed by atoms with Crippen LogP contribution >= 0.6 is 15.9 Å². The zero-order valence-corrected chi connectivity index (χ0v) is 15.3. The molecule has 0 heterocycles. The molecular formula is C20H26BrNO. The van der Waals surface area contributed by atoms with Gasteiger partial charge >= 0.3 is 0 Å². The normalized spacial score (nSPS) is 37.8. The van der Waals surface area contributed by atoms with Gasteiger partial charge in [0.2, 0.25) is 5.91 Å². The molecule has 1 aromatic carbocycles. The third-order valence-corrected chi connectivity index (χ3v) is 7.15. The maximum Gasteiger partial charge on any atom is 0.220 e. The van der Waals surface area contributed by atoms with Crippen molar-refractivity contribution in [3.63, 3.8) is 0 Å². The van der Waals surface area contributed by atoms with E-state index in [9.17, 15) is 4.79 Å². The molecule has 124 valence electrons. The first-order chi connectivity index (χ1) is 11.0. The Morgan fingerprint density at radius 1 is 1.13 bits per heavy atom. The van der Waals surface area contributed by atoms with Gasteiger partial charge in [0.15, 0.2) is 0 Å². The monoisotopic (exact) mass is 375 g/mol. The second-order valence-electron chi connectivity index (χ2n) is 8.37. The van der Waals surface area contributed by atoms with Gasteiger partial charge in [-0.2, -0.15) is 0 Å². The summed E-state index contributed by atoms with van der Waals surface area (Å²) in [4.78, 5) is 12.5. The molecule has 4 saturated carbocycles. The highest BCUT2D eigenvalue weighted by Gasteiger charge is 2.57.